The Kier molecular flexibility index (Phi) is 4.80. The summed E-state index contributed by atoms with van der Waals surface area (Å²) in [5.74, 6) is -0.720. The molecule has 5 nitrogen and oxygen atoms in total. The van der Waals surface area contributed by atoms with E-state index in [0.29, 0.717) is 17.2 Å². The van der Waals surface area contributed by atoms with Crippen LogP contribution in [0.5, 0.6) is 5.75 Å². The van der Waals surface area contributed by atoms with Crippen molar-refractivity contribution >= 4 is 17.4 Å². The number of ketones is 1. The van der Waals surface area contributed by atoms with Gasteiger partial charge < -0.3 is 15.2 Å². The molecule has 2 aromatic rings. The number of carbonyl (C=O) groups is 2. The number of rotatable bonds is 4. The van der Waals surface area contributed by atoms with Crippen molar-refractivity contribution in [2.45, 2.75) is 25.8 Å². The Hall–Kier alpha value is -3.08. The monoisotopic (exact) mass is 351 g/mol. The molecule has 26 heavy (non-hydrogen) atoms. The Bertz CT molecular complexity index is 881. The summed E-state index contributed by atoms with van der Waals surface area (Å²) in [5.41, 5.74) is 2.39. The second-order valence-corrected chi connectivity index (χ2v) is 6.55. The zero-order chi connectivity index (χ0) is 18.8. The van der Waals surface area contributed by atoms with Gasteiger partial charge in [-0.1, -0.05) is 50.2 Å². The van der Waals surface area contributed by atoms with E-state index in [1.807, 2.05) is 24.3 Å². The summed E-state index contributed by atoms with van der Waals surface area (Å²) < 4.78 is 5.16. The highest BCUT2D eigenvalue weighted by atomic mass is 16.5. The maximum Gasteiger partial charge on any atom is 0.293 e. The minimum atomic E-state index is -0.719. The quantitative estimate of drug-likeness (QED) is 0.502. The maximum atomic E-state index is 12.4. The Balaban J connectivity index is 2.06. The summed E-state index contributed by atoms with van der Waals surface area (Å²) >= 11 is 0. The Morgan fingerprint density at radius 2 is 1.81 bits per heavy atom. The number of methoxy groups -OCH3 is 1. The SMILES string of the molecule is COc1cccc(/C(O)=C2\C(=O)C(=O)NC2c2ccc(C(C)C)cc2)c1. The van der Waals surface area contributed by atoms with Crippen LogP contribution >= 0.6 is 0 Å². The third kappa shape index (κ3) is 3.20. The number of ether oxygens (including phenoxy) is 1. The fraction of sp³-hybridized carbons (Fsp3) is 0.238. The first-order valence-corrected chi connectivity index (χ1v) is 8.45. The molecule has 0 aromatic heterocycles. The molecular formula is C21H21NO4. The van der Waals surface area contributed by atoms with E-state index < -0.39 is 17.7 Å². The van der Waals surface area contributed by atoms with Crippen LogP contribution < -0.4 is 10.1 Å². The van der Waals surface area contributed by atoms with Crippen molar-refractivity contribution in [3.05, 3.63) is 70.8 Å². The van der Waals surface area contributed by atoms with Crippen LogP contribution in [0.2, 0.25) is 0 Å². The van der Waals surface area contributed by atoms with Gasteiger partial charge in [0.05, 0.1) is 18.7 Å². The first-order chi connectivity index (χ1) is 12.4. The number of carbonyl (C=O) groups excluding carboxylic acids is 2. The molecule has 1 unspecified atom stereocenters. The number of aliphatic hydroxyl groups excluding tert-OH is 1. The second-order valence-electron chi connectivity index (χ2n) is 6.55. The van der Waals surface area contributed by atoms with Gasteiger partial charge in [0, 0.05) is 5.56 Å². The Labute approximate surface area is 152 Å². The number of hydrogen-bond acceptors (Lipinski definition) is 4. The van der Waals surface area contributed by atoms with Crippen LogP contribution in [-0.2, 0) is 9.59 Å². The lowest BCUT2D eigenvalue weighted by molar-refractivity contribution is -0.133. The highest BCUT2D eigenvalue weighted by Gasteiger charge is 2.39. The number of amides is 1. The number of benzene rings is 2. The molecule has 0 radical (unpaired) electrons. The summed E-state index contributed by atoms with van der Waals surface area (Å²) in [5, 5.41) is 13.4. The molecule has 3 rings (SSSR count). The zero-order valence-corrected chi connectivity index (χ0v) is 14.9. The Morgan fingerprint density at radius 1 is 1.12 bits per heavy atom. The van der Waals surface area contributed by atoms with E-state index in [2.05, 4.69) is 19.2 Å². The molecule has 0 spiro atoms. The number of nitrogens with one attached hydrogen (secondary N) is 1. The minimum Gasteiger partial charge on any atom is -0.507 e. The molecule has 1 aliphatic rings. The maximum absolute atomic E-state index is 12.4. The predicted octanol–water partition coefficient (Wildman–Crippen LogP) is 3.53. The van der Waals surface area contributed by atoms with Gasteiger partial charge in [-0.15, -0.1) is 0 Å². The van der Waals surface area contributed by atoms with E-state index in [9.17, 15) is 14.7 Å². The highest BCUT2D eigenvalue weighted by molar-refractivity contribution is 6.46. The topological polar surface area (TPSA) is 75.6 Å². The molecule has 0 bridgehead atoms. The third-order valence-electron chi connectivity index (χ3n) is 4.55. The van der Waals surface area contributed by atoms with Gasteiger partial charge in [-0.3, -0.25) is 9.59 Å². The van der Waals surface area contributed by atoms with Crippen LogP contribution in [0, 0.1) is 0 Å². The van der Waals surface area contributed by atoms with Crippen molar-refractivity contribution in [2.24, 2.45) is 0 Å². The van der Waals surface area contributed by atoms with E-state index in [4.69, 9.17) is 4.74 Å². The first-order valence-electron chi connectivity index (χ1n) is 8.45. The van der Waals surface area contributed by atoms with Crippen molar-refractivity contribution in [3.8, 4) is 5.75 Å². The molecule has 2 N–H and O–H groups in total. The molecule has 2 aromatic carbocycles. The van der Waals surface area contributed by atoms with Crippen molar-refractivity contribution in [2.75, 3.05) is 7.11 Å². The number of Topliss-reactive ketones (excluding diaryl/α,β-unsaturated/α-hetero) is 1. The normalized spacial score (nSPS) is 18.8. The van der Waals surface area contributed by atoms with Crippen molar-refractivity contribution in [1.29, 1.82) is 0 Å². The zero-order valence-electron chi connectivity index (χ0n) is 14.9. The molecule has 134 valence electrons. The third-order valence-corrected chi connectivity index (χ3v) is 4.55. The lowest BCUT2D eigenvalue weighted by Crippen LogP contribution is -2.21. The van der Waals surface area contributed by atoms with Crippen molar-refractivity contribution in [1.82, 2.24) is 5.32 Å². The van der Waals surface area contributed by atoms with Crippen LogP contribution in [0.25, 0.3) is 5.76 Å². The summed E-state index contributed by atoms with van der Waals surface area (Å²) in [6.07, 6.45) is 0. The molecule has 0 saturated carbocycles. The lowest BCUT2D eigenvalue weighted by atomic mass is 9.93. The van der Waals surface area contributed by atoms with Gasteiger partial charge in [0.25, 0.3) is 11.7 Å². The first kappa shape index (κ1) is 17.7. The minimum absolute atomic E-state index is 0.0561. The molecular weight excluding hydrogens is 330 g/mol. The number of aliphatic hydroxyl groups is 1. The number of hydrogen-bond donors (Lipinski definition) is 2. The smallest absolute Gasteiger partial charge is 0.293 e. The standard InChI is InChI=1S/C21H21NO4/c1-12(2)13-7-9-14(10-8-13)18-17(20(24)21(25)22-18)19(23)15-5-4-6-16(11-15)26-3/h4-12,18,23H,1-3H3,(H,22,25)/b19-17+. The van der Waals surface area contributed by atoms with Gasteiger partial charge in [-0.05, 0) is 29.2 Å². The second kappa shape index (κ2) is 7.04. The molecule has 1 amide bonds. The van der Waals surface area contributed by atoms with Crippen LogP contribution in [-0.4, -0.2) is 23.9 Å². The van der Waals surface area contributed by atoms with E-state index >= 15 is 0 Å². The van der Waals surface area contributed by atoms with Crippen LogP contribution in [0.15, 0.2) is 54.1 Å². The average Bonchev–Trinajstić information content (AvgIpc) is 2.96. The summed E-state index contributed by atoms with van der Waals surface area (Å²) in [4.78, 5) is 24.3. The molecule has 1 aliphatic heterocycles. The lowest BCUT2D eigenvalue weighted by Gasteiger charge is -2.15. The molecule has 1 saturated heterocycles. The fourth-order valence-electron chi connectivity index (χ4n) is 3.02. The highest BCUT2D eigenvalue weighted by Crippen LogP contribution is 2.34. The molecule has 0 aliphatic carbocycles. The van der Waals surface area contributed by atoms with E-state index in [1.165, 1.54) is 7.11 Å². The van der Waals surface area contributed by atoms with Crippen LogP contribution in [0.3, 0.4) is 0 Å². The van der Waals surface area contributed by atoms with Crippen LogP contribution in [0.4, 0.5) is 0 Å². The fourth-order valence-corrected chi connectivity index (χ4v) is 3.02. The average molecular weight is 351 g/mol. The molecule has 1 heterocycles. The molecule has 1 fully saturated rings. The van der Waals surface area contributed by atoms with Gasteiger partial charge in [0.15, 0.2) is 0 Å². The van der Waals surface area contributed by atoms with Crippen LogP contribution in [0.1, 0.15) is 42.5 Å². The molecule has 5 heteroatoms. The predicted molar refractivity (Wildman–Crippen MR) is 99.0 cm³/mol. The Morgan fingerprint density at radius 3 is 2.42 bits per heavy atom. The summed E-state index contributed by atoms with van der Waals surface area (Å²) in [6.45, 7) is 4.19. The summed E-state index contributed by atoms with van der Waals surface area (Å²) in [7, 11) is 1.52. The largest absolute Gasteiger partial charge is 0.507 e. The molecule has 1 atom stereocenters. The van der Waals surface area contributed by atoms with Gasteiger partial charge in [0.2, 0.25) is 0 Å². The van der Waals surface area contributed by atoms with E-state index in [0.717, 1.165) is 11.1 Å². The van der Waals surface area contributed by atoms with Gasteiger partial charge in [-0.2, -0.15) is 0 Å². The van der Waals surface area contributed by atoms with Gasteiger partial charge in [-0.25, -0.2) is 0 Å². The summed E-state index contributed by atoms with van der Waals surface area (Å²) in [6, 6.07) is 13.7. The van der Waals surface area contributed by atoms with E-state index in [-0.39, 0.29) is 11.3 Å². The van der Waals surface area contributed by atoms with Crippen molar-refractivity contribution in [3.63, 3.8) is 0 Å². The van der Waals surface area contributed by atoms with Crippen molar-refractivity contribution < 1.29 is 19.4 Å². The van der Waals surface area contributed by atoms with Gasteiger partial charge in [0.1, 0.15) is 11.5 Å². The van der Waals surface area contributed by atoms with Gasteiger partial charge >= 0.3 is 0 Å². The van der Waals surface area contributed by atoms with E-state index in [1.54, 1.807) is 24.3 Å².